The predicted molar refractivity (Wildman–Crippen MR) is 50.1 cm³/mol. The summed E-state index contributed by atoms with van der Waals surface area (Å²) in [7, 11) is 0. The Labute approximate surface area is 78.7 Å². The molecule has 1 saturated heterocycles. The van der Waals surface area contributed by atoms with E-state index in [1.165, 1.54) is 0 Å². The van der Waals surface area contributed by atoms with Crippen LogP contribution in [0.3, 0.4) is 0 Å². The zero-order valence-electron chi connectivity index (χ0n) is 8.07. The van der Waals surface area contributed by atoms with Crippen molar-refractivity contribution in [2.24, 2.45) is 5.73 Å². The van der Waals surface area contributed by atoms with Gasteiger partial charge in [-0.15, -0.1) is 0 Å². The Bertz CT molecular complexity index is 184. The number of nitrogens with two attached hydrogens (primary N) is 1. The van der Waals surface area contributed by atoms with Gasteiger partial charge in [0.1, 0.15) is 6.04 Å². The summed E-state index contributed by atoms with van der Waals surface area (Å²) in [5.41, 5.74) is 5.21. The van der Waals surface area contributed by atoms with Crippen LogP contribution in [0.1, 0.15) is 26.2 Å². The van der Waals surface area contributed by atoms with Crippen molar-refractivity contribution < 1.29 is 9.90 Å². The number of hydrogen-bond acceptors (Lipinski definition) is 3. The summed E-state index contributed by atoms with van der Waals surface area (Å²) in [6.07, 6.45) is 2.25. The molecule has 1 aliphatic rings. The number of carbonyl (C=O) groups excluding carboxylic acids is 1. The Morgan fingerprint density at radius 2 is 2.38 bits per heavy atom. The van der Waals surface area contributed by atoms with Gasteiger partial charge in [-0.3, -0.25) is 9.69 Å². The molecule has 1 heterocycles. The maximum atomic E-state index is 11.0. The topological polar surface area (TPSA) is 66.6 Å². The molecule has 0 spiro atoms. The number of aliphatic hydroxyl groups is 1. The van der Waals surface area contributed by atoms with Crippen molar-refractivity contribution in [2.45, 2.75) is 38.3 Å². The van der Waals surface area contributed by atoms with Crippen LogP contribution in [-0.4, -0.2) is 41.1 Å². The lowest BCUT2D eigenvalue weighted by Crippen LogP contribution is -2.45. The largest absolute Gasteiger partial charge is 0.391 e. The van der Waals surface area contributed by atoms with Gasteiger partial charge in [0.2, 0.25) is 5.91 Å². The van der Waals surface area contributed by atoms with E-state index < -0.39 is 18.1 Å². The van der Waals surface area contributed by atoms with Gasteiger partial charge >= 0.3 is 0 Å². The lowest BCUT2D eigenvalue weighted by molar-refractivity contribution is -0.124. The number of aliphatic hydroxyl groups excluding tert-OH is 1. The van der Waals surface area contributed by atoms with Crippen molar-refractivity contribution in [1.82, 2.24) is 4.90 Å². The van der Waals surface area contributed by atoms with Crippen LogP contribution < -0.4 is 5.73 Å². The number of nitrogens with zero attached hydrogens (tertiary/aromatic N) is 1. The molecular formula is C9H18N2O2. The normalized spacial score (nSPS) is 29.4. The molecule has 4 nitrogen and oxygen atoms in total. The van der Waals surface area contributed by atoms with Crippen molar-refractivity contribution >= 4 is 5.91 Å². The highest BCUT2D eigenvalue weighted by molar-refractivity contribution is 5.80. The third-order valence-electron chi connectivity index (χ3n) is 2.56. The standard InChI is InChI=1S/C9H18N2O2/c1-2-3-5-11-6-4-7(12)8(11)9(10)13/h7-8,12H,2-6H2,1H3,(H2,10,13)/t7?,8-/m0/s1. The Morgan fingerprint density at radius 1 is 1.69 bits per heavy atom. The summed E-state index contributed by atoms with van der Waals surface area (Å²) in [4.78, 5) is 13.0. The van der Waals surface area contributed by atoms with E-state index in [9.17, 15) is 9.90 Å². The van der Waals surface area contributed by atoms with Gasteiger partial charge in [0.15, 0.2) is 0 Å². The highest BCUT2D eigenvalue weighted by Crippen LogP contribution is 2.17. The summed E-state index contributed by atoms with van der Waals surface area (Å²) < 4.78 is 0. The molecule has 1 aliphatic heterocycles. The van der Waals surface area contributed by atoms with Crippen molar-refractivity contribution in [2.75, 3.05) is 13.1 Å². The number of amides is 1. The van der Waals surface area contributed by atoms with E-state index in [1.807, 2.05) is 4.90 Å². The Morgan fingerprint density at radius 3 is 2.92 bits per heavy atom. The number of unbranched alkanes of at least 4 members (excludes halogenated alkanes) is 1. The van der Waals surface area contributed by atoms with Crippen LogP contribution >= 0.6 is 0 Å². The smallest absolute Gasteiger partial charge is 0.237 e. The monoisotopic (exact) mass is 186 g/mol. The van der Waals surface area contributed by atoms with Crippen LogP contribution in [0.4, 0.5) is 0 Å². The minimum Gasteiger partial charge on any atom is -0.391 e. The van der Waals surface area contributed by atoms with E-state index in [4.69, 9.17) is 5.73 Å². The van der Waals surface area contributed by atoms with E-state index in [0.29, 0.717) is 6.42 Å². The lowest BCUT2D eigenvalue weighted by atomic mass is 10.1. The Kier molecular flexibility index (Phi) is 3.69. The van der Waals surface area contributed by atoms with Crippen LogP contribution in [-0.2, 0) is 4.79 Å². The van der Waals surface area contributed by atoms with E-state index in [-0.39, 0.29) is 0 Å². The molecule has 1 rings (SSSR count). The van der Waals surface area contributed by atoms with Gasteiger partial charge < -0.3 is 10.8 Å². The van der Waals surface area contributed by atoms with Crippen LogP contribution in [0, 0.1) is 0 Å². The number of hydrogen-bond donors (Lipinski definition) is 2. The van der Waals surface area contributed by atoms with Gasteiger partial charge in [-0.2, -0.15) is 0 Å². The Balaban J connectivity index is 2.49. The maximum Gasteiger partial charge on any atom is 0.237 e. The van der Waals surface area contributed by atoms with E-state index in [1.54, 1.807) is 0 Å². The fourth-order valence-corrected chi connectivity index (χ4v) is 1.82. The molecular weight excluding hydrogens is 168 g/mol. The molecule has 1 amide bonds. The number of primary amides is 1. The average Bonchev–Trinajstić information content (AvgIpc) is 2.43. The second-order valence-electron chi connectivity index (χ2n) is 3.59. The van der Waals surface area contributed by atoms with E-state index in [0.717, 1.165) is 25.9 Å². The molecule has 0 radical (unpaired) electrons. The van der Waals surface area contributed by atoms with Crippen molar-refractivity contribution in [3.63, 3.8) is 0 Å². The van der Waals surface area contributed by atoms with Crippen LogP contribution in [0.2, 0.25) is 0 Å². The van der Waals surface area contributed by atoms with Gasteiger partial charge in [0.25, 0.3) is 0 Å². The van der Waals surface area contributed by atoms with Crippen molar-refractivity contribution in [3.8, 4) is 0 Å². The highest BCUT2D eigenvalue weighted by atomic mass is 16.3. The van der Waals surface area contributed by atoms with Gasteiger partial charge in [-0.25, -0.2) is 0 Å². The quantitative estimate of drug-likeness (QED) is 0.634. The zero-order valence-corrected chi connectivity index (χ0v) is 8.07. The van der Waals surface area contributed by atoms with Crippen LogP contribution in [0.5, 0.6) is 0 Å². The Hall–Kier alpha value is -0.610. The SMILES string of the molecule is CCCCN1CCC(O)[C@H]1C(N)=O. The first-order valence-electron chi connectivity index (χ1n) is 4.88. The molecule has 2 atom stereocenters. The maximum absolute atomic E-state index is 11.0. The molecule has 1 unspecified atom stereocenters. The minimum absolute atomic E-state index is 0.402. The first-order valence-corrected chi connectivity index (χ1v) is 4.88. The third kappa shape index (κ3) is 2.42. The summed E-state index contributed by atoms with van der Waals surface area (Å²) in [5.74, 6) is -0.402. The highest BCUT2D eigenvalue weighted by Gasteiger charge is 2.36. The summed E-state index contributed by atoms with van der Waals surface area (Å²) in [5, 5.41) is 9.49. The minimum atomic E-state index is -0.561. The molecule has 3 N–H and O–H groups in total. The molecule has 0 aliphatic carbocycles. The first-order chi connectivity index (χ1) is 6.16. The lowest BCUT2D eigenvalue weighted by Gasteiger charge is -2.22. The number of likely N-dealkylation sites (tertiary alicyclic amines) is 1. The fraction of sp³-hybridized carbons (Fsp3) is 0.889. The summed E-state index contributed by atoms with van der Waals surface area (Å²) in [6, 6.07) is -0.452. The van der Waals surface area contributed by atoms with E-state index >= 15 is 0 Å². The fourth-order valence-electron chi connectivity index (χ4n) is 1.82. The number of rotatable bonds is 4. The van der Waals surface area contributed by atoms with Crippen LogP contribution in [0.25, 0.3) is 0 Å². The van der Waals surface area contributed by atoms with Gasteiger partial charge in [-0.05, 0) is 19.4 Å². The van der Waals surface area contributed by atoms with Gasteiger partial charge in [0, 0.05) is 6.54 Å². The molecule has 76 valence electrons. The third-order valence-corrected chi connectivity index (χ3v) is 2.56. The summed E-state index contributed by atoms with van der Waals surface area (Å²) in [6.45, 7) is 3.75. The average molecular weight is 186 g/mol. The molecule has 1 fully saturated rings. The summed E-state index contributed by atoms with van der Waals surface area (Å²) >= 11 is 0. The zero-order chi connectivity index (χ0) is 9.84. The van der Waals surface area contributed by atoms with Gasteiger partial charge in [0.05, 0.1) is 6.10 Å². The molecule has 0 aromatic carbocycles. The van der Waals surface area contributed by atoms with Crippen molar-refractivity contribution in [3.05, 3.63) is 0 Å². The molecule has 0 aromatic heterocycles. The molecule has 0 bridgehead atoms. The second kappa shape index (κ2) is 4.58. The number of carbonyl (C=O) groups is 1. The molecule has 0 saturated carbocycles. The molecule has 13 heavy (non-hydrogen) atoms. The van der Waals surface area contributed by atoms with Crippen molar-refractivity contribution in [1.29, 1.82) is 0 Å². The molecule has 4 heteroatoms. The van der Waals surface area contributed by atoms with Crippen LogP contribution in [0.15, 0.2) is 0 Å². The van der Waals surface area contributed by atoms with E-state index in [2.05, 4.69) is 6.92 Å². The predicted octanol–water partition coefficient (Wildman–Crippen LogP) is -0.293. The second-order valence-corrected chi connectivity index (χ2v) is 3.59. The molecule has 0 aromatic rings. The first kappa shape index (κ1) is 10.5. The van der Waals surface area contributed by atoms with Gasteiger partial charge in [-0.1, -0.05) is 13.3 Å².